The molecule has 0 radical (unpaired) electrons. The molecule has 0 saturated carbocycles. The lowest BCUT2D eigenvalue weighted by Gasteiger charge is -2.08. The molecule has 0 saturated heterocycles. The van der Waals surface area contributed by atoms with Gasteiger partial charge in [0.05, 0.1) is 8.80 Å². The number of hydrogen-bond acceptors (Lipinski definition) is 0. The zero-order chi connectivity index (χ0) is 9.14. The van der Waals surface area contributed by atoms with Crippen LogP contribution < -0.4 is 5.19 Å². The Bertz CT molecular complexity index is 250. The second-order valence-corrected chi connectivity index (χ2v) is 7.18. The van der Waals surface area contributed by atoms with Crippen LogP contribution in [0.25, 0.3) is 0 Å². The van der Waals surface area contributed by atoms with Crippen molar-refractivity contribution in [1.29, 1.82) is 0 Å². The quantitative estimate of drug-likeness (QED) is 0.505. The van der Waals surface area contributed by atoms with Crippen LogP contribution in [0.15, 0.2) is 18.2 Å². The van der Waals surface area contributed by atoms with Gasteiger partial charge >= 0.3 is 0 Å². The third-order valence-electron chi connectivity index (χ3n) is 2.04. The van der Waals surface area contributed by atoms with Crippen LogP contribution >= 0.6 is 11.6 Å². The fourth-order valence-corrected chi connectivity index (χ4v) is 3.19. The van der Waals surface area contributed by atoms with Crippen LogP contribution in [0, 0.1) is 13.8 Å². The number of rotatable bonds is 2. The largest absolute Gasteiger partial charge is 0.130 e. The van der Waals surface area contributed by atoms with Gasteiger partial charge in [0.1, 0.15) is 0 Å². The van der Waals surface area contributed by atoms with Crippen molar-refractivity contribution >= 4 is 25.6 Å². The molecule has 0 amide bonds. The lowest BCUT2D eigenvalue weighted by molar-refractivity contribution is 1.40. The maximum atomic E-state index is 5.85. The average molecular weight is 199 g/mol. The van der Waals surface area contributed by atoms with Crippen molar-refractivity contribution in [3.05, 3.63) is 29.3 Å². The first-order chi connectivity index (χ1) is 5.63. The van der Waals surface area contributed by atoms with Gasteiger partial charge < -0.3 is 0 Å². The van der Waals surface area contributed by atoms with Gasteiger partial charge in [0.2, 0.25) is 0 Å². The molecule has 66 valence electrons. The van der Waals surface area contributed by atoms with Crippen LogP contribution in [0.5, 0.6) is 0 Å². The summed E-state index contributed by atoms with van der Waals surface area (Å²) in [6, 6.07) is 6.75. The Morgan fingerprint density at radius 1 is 1.17 bits per heavy atom. The normalized spacial score (nSPS) is 13.0. The van der Waals surface area contributed by atoms with Gasteiger partial charge in [-0.15, -0.1) is 11.6 Å². The molecule has 0 aliphatic rings. The topological polar surface area (TPSA) is 0 Å². The van der Waals surface area contributed by atoms with E-state index in [1.54, 1.807) is 0 Å². The van der Waals surface area contributed by atoms with Gasteiger partial charge in [-0.2, -0.15) is 0 Å². The van der Waals surface area contributed by atoms with Gasteiger partial charge in [-0.25, -0.2) is 0 Å². The third-order valence-corrected chi connectivity index (χ3v) is 5.37. The van der Waals surface area contributed by atoms with E-state index in [0.717, 1.165) is 5.50 Å². The number of benzene rings is 1. The molecule has 1 aromatic carbocycles. The van der Waals surface area contributed by atoms with E-state index in [1.807, 2.05) is 0 Å². The van der Waals surface area contributed by atoms with Gasteiger partial charge in [0, 0.05) is 5.50 Å². The van der Waals surface area contributed by atoms with Crippen molar-refractivity contribution in [3.8, 4) is 0 Å². The van der Waals surface area contributed by atoms with Crippen LogP contribution in [0.3, 0.4) is 0 Å². The van der Waals surface area contributed by atoms with Crippen LogP contribution in [0.1, 0.15) is 11.1 Å². The summed E-state index contributed by atoms with van der Waals surface area (Å²) in [5.74, 6) is 0. The van der Waals surface area contributed by atoms with Gasteiger partial charge in [-0.1, -0.05) is 41.1 Å². The van der Waals surface area contributed by atoms with E-state index >= 15 is 0 Å². The molecule has 1 rings (SSSR count). The van der Waals surface area contributed by atoms with E-state index in [4.69, 9.17) is 11.6 Å². The predicted octanol–water partition coefficient (Wildman–Crippen LogP) is 2.15. The first-order valence-corrected chi connectivity index (χ1v) is 7.36. The minimum absolute atomic E-state index is 0.830. The molecule has 0 nitrogen and oxygen atoms in total. The van der Waals surface area contributed by atoms with Crippen molar-refractivity contribution in [2.24, 2.45) is 0 Å². The Kier molecular flexibility index (Phi) is 3.36. The Hall–Kier alpha value is -0.273. The van der Waals surface area contributed by atoms with Crippen LogP contribution in [0.4, 0.5) is 0 Å². The summed E-state index contributed by atoms with van der Waals surface area (Å²) >= 11 is 5.85. The number of halogens is 1. The molecule has 0 aliphatic carbocycles. The maximum absolute atomic E-state index is 5.85. The zero-order valence-corrected chi connectivity index (χ0v) is 9.81. The first-order valence-electron chi connectivity index (χ1n) is 4.27. The van der Waals surface area contributed by atoms with Crippen molar-refractivity contribution in [3.63, 3.8) is 0 Å². The van der Waals surface area contributed by atoms with Gasteiger partial charge in [-0.3, -0.25) is 0 Å². The van der Waals surface area contributed by atoms with Crippen LogP contribution in [0.2, 0.25) is 6.55 Å². The Balaban J connectivity index is 3.00. The van der Waals surface area contributed by atoms with E-state index in [-0.39, 0.29) is 0 Å². The molecule has 1 aromatic rings. The number of alkyl halides is 1. The lowest BCUT2D eigenvalue weighted by atomic mass is 10.2. The van der Waals surface area contributed by atoms with Gasteiger partial charge in [0.25, 0.3) is 0 Å². The standard InChI is InChI=1S/C10H15ClSi/c1-8-4-9(2)6-10(5-8)12(3)7-11/h4-6,12H,7H2,1-3H3. The first kappa shape index (κ1) is 9.81. The van der Waals surface area contributed by atoms with Crippen molar-refractivity contribution in [2.45, 2.75) is 20.4 Å². The average Bonchev–Trinajstić information content (AvgIpc) is 2.01. The van der Waals surface area contributed by atoms with Crippen molar-refractivity contribution < 1.29 is 0 Å². The number of hydrogen-bond donors (Lipinski definition) is 0. The van der Waals surface area contributed by atoms with E-state index in [2.05, 4.69) is 38.6 Å². The summed E-state index contributed by atoms with van der Waals surface area (Å²) in [7, 11) is -0.830. The molecular weight excluding hydrogens is 184 g/mol. The minimum atomic E-state index is -0.830. The SMILES string of the molecule is Cc1cc(C)cc([SiH](C)CCl)c1. The van der Waals surface area contributed by atoms with E-state index in [0.29, 0.717) is 0 Å². The molecule has 2 heteroatoms. The fourth-order valence-electron chi connectivity index (χ4n) is 1.38. The zero-order valence-electron chi connectivity index (χ0n) is 7.89. The Morgan fingerprint density at radius 3 is 2.08 bits per heavy atom. The predicted molar refractivity (Wildman–Crippen MR) is 59.3 cm³/mol. The van der Waals surface area contributed by atoms with Crippen LogP contribution in [-0.4, -0.2) is 14.3 Å². The summed E-state index contributed by atoms with van der Waals surface area (Å²) in [4.78, 5) is 0. The molecule has 1 unspecified atom stereocenters. The Morgan fingerprint density at radius 2 is 1.67 bits per heavy atom. The maximum Gasteiger partial charge on any atom is 0.0837 e. The van der Waals surface area contributed by atoms with Gasteiger partial charge in [0.15, 0.2) is 0 Å². The minimum Gasteiger partial charge on any atom is -0.130 e. The second-order valence-electron chi connectivity index (χ2n) is 3.48. The summed E-state index contributed by atoms with van der Waals surface area (Å²) in [6.07, 6.45) is 0. The molecule has 0 heterocycles. The van der Waals surface area contributed by atoms with Crippen molar-refractivity contribution in [2.75, 3.05) is 5.50 Å². The molecular formula is C10H15ClSi. The van der Waals surface area contributed by atoms with Crippen LogP contribution in [-0.2, 0) is 0 Å². The lowest BCUT2D eigenvalue weighted by Crippen LogP contribution is -2.29. The summed E-state index contributed by atoms with van der Waals surface area (Å²) in [5, 5.41) is 1.49. The molecule has 0 fully saturated rings. The Labute approximate surface area is 81.2 Å². The highest BCUT2D eigenvalue weighted by Crippen LogP contribution is 2.02. The summed E-state index contributed by atoms with van der Waals surface area (Å²) < 4.78 is 0. The third kappa shape index (κ3) is 2.36. The molecule has 0 aromatic heterocycles. The monoisotopic (exact) mass is 198 g/mol. The highest BCUT2D eigenvalue weighted by Gasteiger charge is 2.05. The second kappa shape index (κ2) is 4.10. The fraction of sp³-hybridized carbons (Fsp3) is 0.400. The van der Waals surface area contributed by atoms with Crippen molar-refractivity contribution in [1.82, 2.24) is 0 Å². The van der Waals surface area contributed by atoms with E-state index < -0.39 is 8.80 Å². The van der Waals surface area contributed by atoms with E-state index in [1.165, 1.54) is 16.3 Å². The van der Waals surface area contributed by atoms with E-state index in [9.17, 15) is 0 Å². The summed E-state index contributed by atoms with van der Waals surface area (Å²) in [5.41, 5.74) is 3.55. The molecule has 0 bridgehead atoms. The summed E-state index contributed by atoms with van der Waals surface area (Å²) in [6.45, 7) is 6.58. The molecule has 12 heavy (non-hydrogen) atoms. The highest BCUT2D eigenvalue weighted by molar-refractivity contribution is 6.77. The molecule has 0 N–H and O–H groups in total. The molecule has 0 spiro atoms. The highest BCUT2D eigenvalue weighted by atomic mass is 35.5. The molecule has 1 atom stereocenters. The molecule has 0 aliphatic heterocycles. The smallest absolute Gasteiger partial charge is 0.0837 e. The van der Waals surface area contributed by atoms with Gasteiger partial charge in [-0.05, 0) is 13.8 Å². The number of aryl methyl sites for hydroxylation is 2.